The van der Waals surface area contributed by atoms with Crippen LogP contribution in [-0.2, 0) is 6.54 Å². The molecule has 0 fully saturated rings. The molecule has 3 heteroatoms. The minimum absolute atomic E-state index is 0.471. The van der Waals surface area contributed by atoms with Crippen molar-refractivity contribution in [2.75, 3.05) is 20.7 Å². The average Bonchev–Trinajstić information content (AvgIpc) is 2.96. The molecule has 22 heavy (non-hydrogen) atoms. The van der Waals surface area contributed by atoms with Crippen molar-refractivity contribution >= 4 is 21.4 Å². The molecule has 1 aliphatic rings. The zero-order valence-corrected chi connectivity index (χ0v) is 13.7. The summed E-state index contributed by atoms with van der Waals surface area (Å²) in [7, 11) is 3.93. The van der Waals surface area contributed by atoms with Crippen molar-refractivity contribution in [3.63, 3.8) is 0 Å². The summed E-state index contributed by atoms with van der Waals surface area (Å²) in [5.41, 5.74) is 2.94. The molecule has 2 nitrogen and oxygen atoms in total. The van der Waals surface area contributed by atoms with Crippen LogP contribution in [0.4, 0.5) is 0 Å². The van der Waals surface area contributed by atoms with Crippen molar-refractivity contribution in [1.82, 2.24) is 4.90 Å². The SMILES string of the molecule is COc1ccc2sc(C3CN(C)Cc4ccccc43)cc2c1. The Bertz CT molecular complexity index is 823. The molecule has 2 heterocycles. The van der Waals surface area contributed by atoms with E-state index >= 15 is 0 Å². The van der Waals surface area contributed by atoms with Gasteiger partial charge in [-0.25, -0.2) is 0 Å². The van der Waals surface area contributed by atoms with Gasteiger partial charge >= 0.3 is 0 Å². The maximum Gasteiger partial charge on any atom is 0.119 e. The van der Waals surface area contributed by atoms with Crippen LogP contribution in [0.1, 0.15) is 21.9 Å². The molecule has 1 unspecified atom stereocenters. The van der Waals surface area contributed by atoms with Crippen molar-refractivity contribution < 1.29 is 4.74 Å². The van der Waals surface area contributed by atoms with Crippen LogP contribution in [0.5, 0.6) is 5.75 Å². The second kappa shape index (κ2) is 5.41. The Morgan fingerprint density at radius 2 is 2.00 bits per heavy atom. The summed E-state index contributed by atoms with van der Waals surface area (Å²) in [6.45, 7) is 2.13. The highest BCUT2D eigenvalue weighted by Crippen LogP contribution is 2.39. The van der Waals surface area contributed by atoms with E-state index in [4.69, 9.17) is 4.74 Å². The first-order valence-electron chi connectivity index (χ1n) is 7.58. The molecule has 0 radical (unpaired) electrons. The van der Waals surface area contributed by atoms with Gasteiger partial charge in [-0.2, -0.15) is 0 Å². The number of rotatable bonds is 2. The fourth-order valence-corrected chi connectivity index (χ4v) is 4.52. The number of ether oxygens (including phenoxy) is 1. The summed E-state index contributed by atoms with van der Waals surface area (Å²) in [5.74, 6) is 1.40. The number of thiophene rings is 1. The van der Waals surface area contributed by atoms with Gasteiger partial charge in [-0.1, -0.05) is 24.3 Å². The highest BCUT2D eigenvalue weighted by atomic mass is 32.1. The number of methoxy groups -OCH3 is 1. The second-order valence-corrected chi connectivity index (χ2v) is 7.12. The molecule has 0 bridgehead atoms. The molecule has 1 atom stereocenters. The van der Waals surface area contributed by atoms with Crippen molar-refractivity contribution in [2.45, 2.75) is 12.5 Å². The van der Waals surface area contributed by atoms with Gasteiger partial charge in [-0.15, -0.1) is 11.3 Å². The Morgan fingerprint density at radius 1 is 1.14 bits per heavy atom. The Balaban J connectivity index is 1.81. The zero-order valence-electron chi connectivity index (χ0n) is 12.9. The molecular weight excluding hydrogens is 290 g/mol. The molecule has 0 spiro atoms. The predicted molar refractivity (Wildman–Crippen MR) is 93.0 cm³/mol. The number of benzene rings is 2. The molecule has 0 amide bonds. The smallest absolute Gasteiger partial charge is 0.119 e. The molecule has 1 aromatic heterocycles. The fourth-order valence-electron chi connectivity index (χ4n) is 3.37. The summed E-state index contributed by atoms with van der Waals surface area (Å²) in [6, 6.07) is 17.5. The summed E-state index contributed by atoms with van der Waals surface area (Å²) in [4.78, 5) is 3.86. The lowest BCUT2D eigenvalue weighted by Gasteiger charge is -2.31. The van der Waals surface area contributed by atoms with Gasteiger partial charge in [0.05, 0.1) is 7.11 Å². The molecule has 2 aromatic carbocycles. The topological polar surface area (TPSA) is 12.5 Å². The maximum absolute atomic E-state index is 5.35. The molecule has 1 aliphatic heterocycles. The van der Waals surface area contributed by atoms with E-state index in [1.165, 1.54) is 26.1 Å². The molecule has 4 rings (SSSR count). The molecule has 0 saturated carbocycles. The van der Waals surface area contributed by atoms with E-state index in [1.54, 1.807) is 7.11 Å². The fraction of sp³-hybridized carbons (Fsp3) is 0.263. The summed E-state index contributed by atoms with van der Waals surface area (Å²) < 4.78 is 6.68. The summed E-state index contributed by atoms with van der Waals surface area (Å²) in [5, 5.41) is 1.28. The third kappa shape index (κ3) is 2.31. The Labute approximate surface area is 135 Å². The standard InChI is InChI=1S/C19H19NOS/c1-20-11-13-5-3-4-6-16(13)17(12-20)19-10-14-9-15(21-2)7-8-18(14)22-19/h3-10,17H,11-12H2,1-2H3. The van der Waals surface area contributed by atoms with Crippen LogP contribution < -0.4 is 4.74 Å². The highest BCUT2D eigenvalue weighted by Gasteiger charge is 2.25. The average molecular weight is 309 g/mol. The van der Waals surface area contributed by atoms with Crippen molar-refractivity contribution in [3.05, 3.63) is 64.5 Å². The normalized spacial score (nSPS) is 18.4. The van der Waals surface area contributed by atoms with Crippen LogP contribution in [0.25, 0.3) is 10.1 Å². The lowest BCUT2D eigenvalue weighted by molar-refractivity contribution is 0.296. The van der Waals surface area contributed by atoms with Crippen LogP contribution in [0.3, 0.4) is 0 Å². The monoisotopic (exact) mass is 309 g/mol. The Kier molecular flexibility index (Phi) is 3.40. The minimum Gasteiger partial charge on any atom is -0.497 e. The van der Waals surface area contributed by atoms with E-state index in [0.29, 0.717) is 5.92 Å². The Morgan fingerprint density at radius 3 is 2.86 bits per heavy atom. The molecule has 112 valence electrons. The van der Waals surface area contributed by atoms with Gasteiger partial charge in [0.2, 0.25) is 0 Å². The lowest BCUT2D eigenvalue weighted by atomic mass is 9.89. The minimum atomic E-state index is 0.471. The lowest BCUT2D eigenvalue weighted by Crippen LogP contribution is -2.30. The van der Waals surface area contributed by atoms with Gasteiger partial charge in [0.25, 0.3) is 0 Å². The van der Waals surface area contributed by atoms with Crippen LogP contribution in [0, 0.1) is 0 Å². The first kappa shape index (κ1) is 13.8. The van der Waals surface area contributed by atoms with Crippen LogP contribution >= 0.6 is 11.3 Å². The number of hydrogen-bond donors (Lipinski definition) is 0. The third-order valence-corrected chi connectivity index (χ3v) is 5.68. The van der Waals surface area contributed by atoms with Gasteiger partial charge in [0.15, 0.2) is 0 Å². The van der Waals surface area contributed by atoms with Gasteiger partial charge < -0.3 is 9.64 Å². The van der Waals surface area contributed by atoms with Crippen molar-refractivity contribution in [1.29, 1.82) is 0 Å². The highest BCUT2D eigenvalue weighted by molar-refractivity contribution is 7.19. The van der Waals surface area contributed by atoms with Crippen molar-refractivity contribution in [3.8, 4) is 5.75 Å². The van der Waals surface area contributed by atoms with Gasteiger partial charge in [0, 0.05) is 28.6 Å². The van der Waals surface area contributed by atoms with E-state index in [2.05, 4.69) is 54.4 Å². The van der Waals surface area contributed by atoms with Gasteiger partial charge in [-0.05, 0) is 47.8 Å². The van der Waals surface area contributed by atoms with Gasteiger partial charge in [-0.3, -0.25) is 0 Å². The van der Waals surface area contributed by atoms with E-state index in [-0.39, 0.29) is 0 Å². The van der Waals surface area contributed by atoms with Crippen LogP contribution in [0.2, 0.25) is 0 Å². The molecule has 0 aliphatic carbocycles. The summed E-state index contributed by atoms with van der Waals surface area (Å²) in [6.07, 6.45) is 0. The second-order valence-electron chi connectivity index (χ2n) is 6.00. The maximum atomic E-state index is 5.35. The van der Waals surface area contributed by atoms with E-state index < -0.39 is 0 Å². The quantitative estimate of drug-likeness (QED) is 0.691. The van der Waals surface area contributed by atoms with E-state index in [9.17, 15) is 0 Å². The number of fused-ring (bicyclic) bond motifs is 2. The third-order valence-electron chi connectivity index (χ3n) is 4.45. The zero-order chi connectivity index (χ0) is 15.1. The van der Waals surface area contributed by atoms with Crippen LogP contribution in [0.15, 0.2) is 48.5 Å². The molecule has 0 N–H and O–H groups in total. The number of hydrogen-bond acceptors (Lipinski definition) is 3. The predicted octanol–water partition coefficient (Wildman–Crippen LogP) is 4.49. The molecule has 0 saturated heterocycles. The van der Waals surface area contributed by atoms with Crippen LogP contribution in [-0.4, -0.2) is 25.6 Å². The largest absolute Gasteiger partial charge is 0.497 e. The van der Waals surface area contributed by atoms with E-state index in [0.717, 1.165) is 18.8 Å². The molecular formula is C19H19NOS. The van der Waals surface area contributed by atoms with Gasteiger partial charge in [0.1, 0.15) is 5.75 Å². The number of likely N-dealkylation sites (N-methyl/N-ethyl adjacent to an activating group) is 1. The molecule has 3 aromatic rings. The van der Waals surface area contributed by atoms with Crippen molar-refractivity contribution in [2.24, 2.45) is 0 Å². The first-order valence-corrected chi connectivity index (χ1v) is 8.40. The Hall–Kier alpha value is -1.84. The summed E-state index contributed by atoms with van der Waals surface area (Å²) >= 11 is 1.91. The number of nitrogens with zero attached hydrogens (tertiary/aromatic N) is 1. The first-order chi connectivity index (χ1) is 10.7. The van der Waals surface area contributed by atoms with E-state index in [1.807, 2.05) is 17.4 Å².